The van der Waals surface area contributed by atoms with Gasteiger partial charge in [-0.3, -0.25) is 9.69 Å². The average Bonchev–Trinajstić information content (AvgIpc) is 2.58. The summed E-state index contributed by atoms with van der Waals surface area (Å²) in [5.74, 6) is -0.718. The molecule has 0 aliphatic rings. The lowest BCUT2D eigenvalue weighted by molar-refractivity contribution is -0.117. The molecule has 0 spiro atoms. The van der Waals surface area contributed by atoms with Crippen molar-refractivity contribution in [3.8, 4) is 6.07 Å². The summed E-state index contributed by atoms with van der Waals surface area (Å²) in [7, 11) is 0. The SMILES string of the molecule is N#Cc1ccc(NC(=O)CN(CCO)Cc2cc(Br)ccc2F)cc1Cl. The first-order valence-electron chi connectivity index (χ1n) is 7.69. The summed E-state index contributed by atoms with van der Waals surface area (Å²) in [5, 5.41) is 21.0. The highest BCUT2D eigenvalue weighted by molar-refractivity contribution is 9.10. The van der Waals surface area contributed by atoms with Gasteiger partial charge in [-0.25, -0.2) is 4.39 Å². The molecular formula is C18H16BrClFN3O2. The van der Waals surface area contributed by atoms with E-state index in [4.69, 9.17) is 16.9 Å². The highest BCUT2D eigenvalue weighted by Gasteiger charge is 2.14. The molecule has 5 nitrogen and oxygen atoms in total. The monoisotopic (exact) mass is 439 g/mol. The first-order valence-corrected chi connectivity index (χ1v) is 8.86. The number of carbonyl (C=O) groups excluding carboxylic acids is 1. The van der Waals surface area contributed by atoms with Crippen molar-refractivity contribution >= 4 is 39.1 Å². The second-order valence-electron chi connectivity index (χ2n) is 5.52. The Morgan fingerprint density at radius 1 is 1.35 bits per heavy atom. The van der Waals surface area contributed by atoms with Crippen molar-refractivity contribution < 1.29 is 14.3 Å². The van der Waals surface area contributed by atoms with Crippen molar-refractivity contribution in [2.45, 2.75) is 6.54 Å². The second kappa shape index (κ2) is 9.64. The van der Waals surface area contributed by atoms with E-state index in [1.165, 1.54) is 18.2 Å². The van der Waals surface area contributed by atoms with Gasteiger partial charge in [0, 0.05) is 28.8 Å². The molecule has 8 heteroatoms. The maximum atomic E-state index is 13.9. The van der Waals surface area contributed by atoms with Crippen LogP contribution in [0.1, 0.15) is 11.1 Å². The van der Waals surface area contributed by atoms with E-state index < -0.39 is 0 Å². The van der Waals surface area contributed by atoms with Gasteiger partial charge in [0.1, 0.15) is 11.9 Å². The summed E-state index contributed by atoms with van der Waals surface area (Å²) in [6.07, 6.45) is 0. The van der Waals surface area contributed by atoms with Gasteiger partial charge in [-0.15, -0.1) is 0 Å². The molecule has 0 saturated carbocycles. The third kappa shape index (κ3) is 5.78. The first kappa shape index (κ1) is 20.3. The summed E-state index contributed by atoms with van der Waals surface area (Å²) >= 11 is 9.23. The van der Waals surface area contributed by atoms with Crippen LogP contribution in [0.25, 0.3) is 0 Å². The molecule has 1 amide bonds. The number of nitrogens with one attached hydrogen (secondary N) is 1. The molecule has 0 radical (unpaired) electrons. The van der Waals surface area contributed by atoms with E-state index in [-0.39, 0.29) is 43.0 Å². The Morgan fingerprint density at radius 3 is 2.77 bits per heavy atom. The fourth-order valence-electron chi connectivity index (χ4n) is 2.35. The molecule has 0 aromatic heterocycles. The largest absolute Gasteiger partial charge is 0.395 e. The van der Waals surface area contributed by atoms with Crippen molar-refractivity contribution in [2.24, 2.45) is 0 Å². The molecule has 0 saturated heterocycles. The Kier molecular flexibility index (Phi) is 7.54. The van der Waals surface area contributed by atoms with Crippen LogP contribution in [-0.4, -0.2) is 35.6 Å². The van der Waals surface area contributed by atoms with Crippen molar-refractivity contribution in [3.63, 3.8) is 0 Å². The minimum Gasteiger partial charge on any atom is -0.395 e. The summed E-state index contributed by atoms with van der Waals surface area (Å²) in [4.78, 5) is 13.9. The number of aliphatic hydroxyl groups is 1. The predicted octanol–water partition coefficient (Wildman–Crippen LogP) is 3.55. The first-order chi connectivity index (χ1) is 12.4. The van der Waals surface area contributed by atoms with Gasteiger partial charge in [0.05, 0.1) is 23.7 Å². The molecule has 0 fully saturated rings. The van der Waals surface area contributed by atoms with Crippen molar-refractivity contribution in [1.82, 2.24) is 4.90 Å². The lowest BCUT2D eigenvalue weighted by atomic mass is 10.2. The van der Waals surface area contributed by atoms with Crippen LogP contribution in [0, 0.1) is 17.1 Å². The molecule has 2 N–H and O–H groups in total. The van der Waals surface area contributed by atoms with Gasteiger partial charge in [-0.1, -0.05) is 27.5 Å². The third-order valence-corrected chi connectivity index (χ3v) is 4.36. The number of benzene rings is 2. The number of halogens is 3. The second-order valence-corrected chi connectivity index (χ2v) is 6.85. The molecule has 2 rings (SSSR count). The Morgan fingerprint density at radius 2 is 2.12 bits per heavy atom. The van der Waals surface area contributed by atoms with Crippen LogP contribution in [0.5, 0.6) is 0 Å². The van der Waals surface area contributed by atoms with Crippen LogP contribution in [-0.2, 0) is 11.3 Å². The molecule has 26 heavy (non-hydrogen) atoms. The molecule has 2 aromatic rings. The number of aliphatic hydroxyl groups excluding tert-OH is 1. The average molecular weight is 441 g/mol. The number of anilines is 1. The number of hydrogen-bond donors (Lipinski definition) is 2. The fourth-order valence-corrected chi connectivity index (χ4v) is 2.98. The van der Waals surface area contributed by atoms with Crippen LogP contribution in [0.15, 0.2) is 40.9 Å². The van der Waals surface area contributed by atoms with E-state index in [9.17, 15) is 14.3 Å². The van der Waals surface area contributed by atoms with E-state index in [1.807, 2.05) is 6.07 Å². The lowest BCUT2D eigenvalue weighted by Crippen LogP contribution is -2.35. The lowest BCUT2D eigenvalue weighted by Gasteiger charge is -2.21. The maximum absolute atomic E-state index is 13.9. The number of nitriles is 1. The van der Waals surface area contributed by atoms with E-state index in [1.54, 1.807) is 23.1 Å². The number of amides is 1. The molecule has 0 unspecified atom stereocenters. The number of rotatable bonds is 7. The summed E-state index contributed by atoms with van der Waals surface area (Å²) in [5.41, 5.74) is 1.19. The zero-order chi connectivity index (χ0) is 19.1. The van der Waals surface area contributed by atoms with Crippen LogP contribution in [0.4, 0.5) is 10.1 Å². The summed E-state index contributed by atoms with van der Waals surface area (Å²) in [6.45, 7) is 0.191. The molecule has 0 aliphatic carbocycles. The van der Waals surface area contributed by atoms with Crippen LogP contribution >= 0.6 is 27.5 Å². The molecule has 0 aliphatic heterocycles. The van der Waals surface area contributed by atoms with Crippen molar-refractivity contribution in [3.05, 3.63) is 62.8 Å². The predicted molar refractivity (Wildman–Crippen MR) is 101 cm³/mol. The van der Waals surface area contributed by atoms with E-state index in [2.05, 4.69) is 21.2 Å². The highest BCUT2D eigenvalue weighted by atomic mass is 79.9. The van der Waals surface area contributed by atoms with Crippen LogP contribution < -0.4 is 5.32 Å². The van der Waals surface area contributed by atoms with Crippen LogP contribution in [0.2, 0.25) is 5.02 Å². The van der Waals surface area contributed by atoms with Crippen molar-refractivity contribution in [1.29, 1.82) is 5.26 Å². The quantitative estimate of drug-likeness (QED) is 0.690. The van der Waals surface area contributed by atoms with E-state index in [0.717, 1.165) is 4.47 Å². The molecular weight excluding hydrogens is 425 g/mol. The van der Waals surface area contributed by atoms with Gasteiger partial charge < -0.3 is 10.4 Å². The number of carbonyl (C=O) groups is 1. The molecule has 0 heterocycles. The Labute approximate surface area is 164 Å². The normalized spacial score (nSPS) is 10.6. The molecule has 136 valence electrons. The molecule has 0 bridgehead atoms. The maximum Gasteiger partial charge on any atom is 0.238 e. The number of nitrogens with zero attached hydrogens (tertiary/aromatic N) is 2. The van der Waals surface area contributed by atoms with Gasteiger partial charge in [0.25, 0.3) is 0 Å². The minimum absolute atomic E-state index is 0.0376. The Bertz CT molecular complexity index is 842. The van der Waals surface area contributed by atoms with Gasteiger partial charge in [-0.2, -0.15) is 5.26 Å². The van der Waals surface area contributed by atoms with E-state index in [0.29, 0.717) is 16.8 Å². The zero-order valence-electron chi connectivity index (χ0n) is 13.7. The molecule has 2 aromatic carbocycles. The van der Waals surface area contributed by atoms with Gasteiger partial charge in [0.2, 0.25) is 5.91 Å². The zero-order valence-corrected chi connectivity index (χ0v) is 16.0. The van der Waals surface area contributed by atoms with Gasteiger partial charge >= 0.3 is 0 Å². The van der Waals surface area contributed by atoms with Crippen molar-refractivity contribution in [2.75, 3.05) is 25.0 Å². The highest BCUT2D eigenvalue weighted by Crippen LogP contribution is 2.20. The topological polar surface area (TPSA) is 76.4 Å². The Balaban J connectivity index is 2.04. The third-order valence-electron chi connectivity index (χ3n) is 3.56. The van der Waals surface area contributed by atoms with E-state index >= 15 is 0 Å². The van der Waals surface area contributed by atoms with Crippen LogP contribution in [0.3, 0.4) is 0 Å². The van der Waals surface area contributed by atoms with Gasteiger partial charge in [0.15, 0.2) is 0 Å². The smallest absolute Gasteiger partial charge is 0.238 e. The summed E-state index contributed by atoms with van der Waals surface area (Å²) in [6, 6.07) is 11.1. The minimum atomic E-state index is -0.379. The fraction of sp³-hybridized carbons (Fsp3) is 0.222. The summed E-state index contributed by atoms with van der Waals surface area (Å²) < 4.78 is 14.6. The molecule has 0 atom stereocenters. The number of hydrogen-bond acceptors (Lipinski definition) is 4. The Hall–Kier alpha value is -1.98. The standard InChI is InChI=1S/C18H16BrClFN3O2/c19-14-2-4-17(21)13(7-14)10-24(5-6-25)11-18(26)23-15-3-1-12(9-22)16(20)8-15/h1-4,7-8,25H,5-6,10-11H2,(H,23,26). The van der Waals surface area contributed by atoms with Gasteiger partial charge in [-0.05, 0) is 36.4 Å².